The summed E-state index contributed by atoms with van der Waals surface area (Å²) in [5.41, 5.74) is 2.62. The van der Waals surface area contributed by atoms with E-state index in [0.717, 1.165) is 17.4 Å². The van der Waals surface area contributed by atoms with Crippen molar-refractivity contribution in [1.29, 1.82) is 5.26 Å². The highest BCUT2D eigenvalue weighted by atomic mass is 16.5. The zero-order valence-corrected chi connectivity index (χ0v) is 9.88. The van der Waals surface area contributed by atoms with Crippen LogP contribution in [0.1, 0.15) is 15.9 Å². The average Bonchev–Trinajstić information content (AvgIpc) is 2.46. The minimum absolute atomic E-state index is 0.534. The molecule has 0 aromatic heterocycles. The highest BCUT2D eigenvalue weighted by Crippen LogP contribution is 2.32. The van der Waals surface area contributed by atoms with Gasteiger partial charge >= 0.3 is 0 Å². The smallest absolute Gasteiger partial charge is 0.150 e. The van der Waals surface area contributed by atoms with Gasteiger partial charge in [0.1, 0.15) is 5.75 Å². The van der Waals surface area contributed by atoms with Gasteiger partial charge < -0.3 is 4.74 Å². The van der Waals surface area contributed by atoms with Crippen LogP contribution in [-0.2, 0) is 0 Å². The molecule has 2 aromatic rings. The van der Waals surface area contributed by atoms with Gasteiger partial charge in [0.2, 0.25) is 0 Å². The second-order valence-corrected chi connectivity index (χ2v) is 3.73. The Kier molecular flexibility index (Phi) is 3.40. The van der Waals surface area contributed by atoms with E-state index in [9.17, 15) is 4.79 Å². The molecule has 0 atom stereocenters. The normalized spacial score (nSPS) is 9.56. The van der Waals surface area contributed by atoms with Crippen molar-refractivity contribution in [3.05, 3.63) is 53.6 Å². The Labute approximate surface area is 105 Å². The van der Waals surface area contributed by atoms with Gasteiger partial charge in [-0.1, -0.05) is 24.3 Å². The Bertz CT molecular complexity index is 627. The Morgan fingerprint density at radius 2 is 1.94 bits per heavy atom. The number of hydrogen-bond donors (Lipinski definition) is 0. The molecule has 88 valence electrons. The molecule has 0 amide bonds. The fourth-order valence-electron chi connectivity index (χ4n) is 1.83. The van der Waals surface area contributed by atoms with Gasteiger partial charge in [-0.25, -0.2) is 0 Å². The molecule has 0 unspecified atom stereocenters. The number of carbonyl (C=O) groups is 1. The number of nitrogens with zero attached hydrogens (tertiary/aromatic N) is 1. The molecule has 0 saturated carbocycles. The summed E-state index contributed by atoms with van der Waals surface area (Å²) in [4.78, 5) is 11.0. The van der Waals surface area contributed by atoms with Crippen LogP contribution >= 0.6 is 0 Å². The first kappa shape index (κ1) is 11.9. The number of aldehydes is 1. The maximum absolute atomic E-state index is 11.0. The van der Waals surface area contributed by atoms with Crippen LogP contribution in [0.4, 0.5) is 0 Å². The third-order valence-electron chi connectivity index (χ3n) is 2.71. The highest BCUT2D eigenvalue weighted by Gasteiger charge is 2.10. The van der Waals surface area contributed by atoms with Crippen molar-refractivity contribution in [2.45, 2.75) is 0 Å². The van der Waals surface area contributed by atoms with E-state index in [1.54, 1.807) is 37.4 Å². The van der Waals surface area contributed by atoms with Crippen LogP contribution in [0.2, 0.25) is 0 Å². The fraction of sp³-hybridized carbons (Fsp3) is 0.0667. The van der Waals surface area contributed by atoms with Gasteiger partial charge in [0.25, 0.3) is 0 Å². The molecule has 0 N–H and O–H groups in total. The Hall–Kier alpha value is -2.60. The quantitative estimate of drug-likeness (QED) is 0.771. The number of rotatable bonds is 3. The van der Waals surface area contributed by atoms with Crippen LogP contribution in [0.15, 0.2) is 42.5 Å². The van der Waals surface area contributed by atoms with Gasteiger partial charge in [0.15, 0.2) is 6.29 Å². The van der Waals surface area contributed by atoms with Gasteiger partial charge in [-0.2, -0.15) is 5.26 Å². The SMILES string of the molecule is COc1ccc(C#N)cc1-c1ccccc1C=O. The number of nitriles is 1. The van der Waals surface area contributed by atoms with E-state index >= 15 is 0 Å². The van der Waals surface area contributed by atoms with Crippen LogP contribution in [0.25, 0.3) is 11.1 Å². The molecular formula is C15H11NO2. The zero-order valence-electron chi connectivity index (χ0n) is 9.88. The lowest BCUT2D eigenvalue weighted by molar-refractivity contribution is 0.112. The van der Waals surface area contributed by atoms with Crippen molar-refractivity contribution in [2.75, 3.05) is 7.11 Å². The monoisotopic (exact) mass is 237 g/mol. The van der Waals surface area contributed by atoms with E-state index in [1.807, 2.05) is 12.1 Å². The molecule has 0 radical (unpaired) electrons. The number of carbonyl (C=O) groups excluding carboxylic acids is 1. The van der Waals surface area contributed by atoms with Crippen LogP contribution in [0, 0.1) is 11.3 Å². The topological polar surface area (TPSA) is 50.1 Å². The van der Waals surface area contributed by atoms with E-state index in [-0.39, 0.29) is 0 Å². The van der Waals surface area contributed by atoms with Crippen molar-refractivity contribution >= 4 is 6.29 Å². The van der Waals surface area contributed by atoms with Crippen molar-refractivity contribution in [3.63, 3.8) is 0 Å². The van der Waals surface area contributed by atoms with Gasteiger partial charge in [0, 0.05) is 11.1 Å². The van der Waals surface area contributed by atoms with Crippen LogP contribution in [0.3, 0.4) is 0 Å². The molecule has 0 bridgehead atoms. The number of benzene rings is 2. The molecule has 18 heavy (non-hydrogen) atoms. The first-order valence-corrected chi connectivity index (χ1v) is 5.43. The largest absolute Gasteiger partial charge is 0.496 e. The van der Waals surface area contributed by atoms with E-state index in [2.05, 4.69) is 6.07 Å². The van der Waals surface area contributed by atoms with Crippen molar-refractivity contribution in [3.8, 4) is 22.9 Å². The average molecular weight is 237 g/mol. The molecule has 0 saturated heterocycles. The van der Waals surface area contributed by atoms with Gasteiger partial charge in [-0.3, -0.25) is 4.79 Å². The summed E-state index contributed by atoms with van der Waals surface area (Å²) in [6.45, 7) is 0. The summed E-state index contributed by atoms with van der Waals surface area (Å²) in [6.07, 6.45) is 0.799. The van der Waals surface area contributed by atoms with Gasteiger partial charge in [-0.05, 0) is 23.8 Å². The van der Waals surface area contributed by atoms with Crippen LogP contribution in [-0.4, -0.2) is 13.4 Å². The third-order valence-corrected chi connectivity index (χ3v) is 2.71. The minimum atomic E-state index is 0.534. The summed E-state index contributed by atoms with van der Waals surface area (Å²) < 4.78 is 5.27. The van der Waals surface area contributed by atoms with E-state index in [0.29, 0.717) is 16.9 Å². The predicted octanol–water partition coefficient (Wildman–Crippen LogP) is 3.05. The zero-order chi connectivity index (χ0) is 13.0. The van der Waals surface area contributed by atoms with E-state index in [4.69, 9.17) is 10.00 Å². The number of methoxy groups -OCH3 is 1. The molecule has 0 aliphatic carbocycles. The Morgan fingerprint density at radius 1 is 1.17 bits per heavy atom. The van der Waals surface area contributed by atoms with Gasteiger partial charge in [0.05, 0.1) is 18.7 Å². The highest BCUT2D eigenvalue weighted by molar-refractivity contribution is 5.89. The lowest BCUT2D eigenvalue weighted by atomic mass is 9.98. The summed E-state index contributed by atoms with van der Waals surface area (Å²) in [7, 11) is 1.56. The molecule has 3 nitrogen and oxygen atoms in total. The summed E-state index contributed by atoms with van der Waals surface area (Å²) in [5.74, 6) is 0.642. The molecule has 0 spiro atoms. The molecule has 0 fully saturated rings. The maximum Gasteiger partial charge on any atom is 0.150 e. The molecule has 2 rings (SSSR count). The van der Waals surface area contributed by atoms with Crippen molar-refractivity contribution in [2.24, 2.45) is 0 Å². The summed E-state index contributed by atoms with van der Waals surface area (Å²) in [5, 5.41) is 8.94. The van der Waals surface area contributed by atoms with Crippen molar-refractivity contribution in [1.82, 2.24) is 0 Å². The number of hydrogen-bond acceptors (Lipinski definition) is 3. The van der Waals surface area contributed by atoms with E-state index < -0.39 is 0 Å². The first-order chi connectivity index (χ1) is 8.80. The summed E-state index contributed by atoms with van der Waals surface area (Å²) in [6, 6.07) is 14.4. The fourth-order valence-corrected chi connectivity index (χ4v) is 1.83. The molecule has 0 aliphatic rings. The third kappa shape index (κ3) is 2.09. The van der Waals surface area contributed by atoms with Crippen molar-refractivity contribution < 1.29 is 9.53 Å². The molecule has 0 aliphatic heterocycles. The predicted molar refractivity (Wildman–Crippen MR) is 68.5 cm³/mol. The Morgan fingerprint density at radius 3 is 2.61 bits per heavy atom. The molecule has 3 heteroatoms. The van der Waals surface area contributed by atoms with E-state index in [1.165, 1.54) is 0 Å². The minimum Gasteiger partial charge on any atom is -0.496 e. The van der Waals surface area contributed by atoms with Gasteiger partial charge in [-0.15, -0.1) is 0 Å². The standard InChI is InChI=1S/C15H11NO2/c1-18-15-7-6-11(9-16)8-14(15)13-5-3-2-4-12(13)10-17/h2-8,10H,1H3. The molecular weight excluding hydrogens is 226 g/mol. The first-order valence-electron chi connectivity index (χ1n) is 5.43. The lowest BCUT2D eigenvalue weighted by Gasteiger charge is -2.10. The Balaban J connectivity index is 2.69. The summed E-state index contributed by atoms with van der Waals surface area (Å²) >= 11 is 0. The number of ether oxygens (including phenoxy) is 1. The maximum atomic E-state index is 11.0. The van der Waals surface area contributed by atoms with Crippen LogP contribution in [0.5, 0.6) is 5.75 Å². The van der Waals surface area contributed by atoms with Crippen LogP contribution < -0.4 is 4.74 Å². The second-order valence-electron chi connectivity index (χ2n) is 3.73. The lowest BCUT2D eigenvalue weighted by Crippen LogP contribution is -1.92. The molecule has 2 aromatic carbocycles. The second kappa shape index (κ2) is 5.15. The molecule has 0 heterocycles.